The molecule has 5 heterocycles. The van der Waals surface area contributed by atoms with Crippen LogP contribution in [0.5, 0.6) is 0 Å². The molecule has 9 nitrogen and oxygen atoms in total. The zero-order valence-corrected chi connectivity index (χ0v) is 18.4. The molecule has 0 bridgehead atoms. The molecule has 5 aromatic rings. The number of aryl methyl sites for hydroxylation is 1. The molecule has 1 aliphatic heterocycles. The summed E-state index contributed by atoms with van der Waals surface area (Å²) in [6, 6.07) is 13.1. The van der Waals surface area contributed by atoms with Crippen LogP contribution in [0.3, 0.4) is 0 Å². The van der Waals surface area contributed by atoms with E-state index in [0.29, 0.717) is 28.7 Å². The van der Waals surface area contributed by atoms with Crippen molar-refractivity contribution in [3.05, 3.63) is 72.8 Å². The molecule has 6 rings (SSSR count). The first-order valence-corrected chi connectivity index (χ1v) is 11.3. The maximum Gasteiger partial charge on any atom is 0.253 e. The number of fused-ring (bicyclic) bond motifs is 2. The summed E-state index contributed by atoms with van der Waals surface area (Å²) in [5.41, 5.74) is 2.22. The SMILES string of the molecule is Cn1ncc2c(SCC(=O)N3N=C(c4cc5ccccc5o4)C[C@@H]3c3ccco3)ncnc21. The van der Waals surface area contributed by atoms with Crippen LogP contribution in [0.2, 0.25) is 0 Å². The van der Waals surface area contributed by atoms with Gasteiger partial charge in [0.1, 0.15) is 34.5 Å². The van der Waals surface area contributed by atoms with E-state index in [4.69, 9.17) is 8.83 Å². The number of carbonyl (C=O) groups is 1. The number of carbonyl (C=O) groups excluding carboxylic acids is 1. The monoisotopic (exact) mass is 458 g/mol. The molecule has 0 saturated heterocycles. The van der Waals surface area contributed by atoms with Crippen LogP contribution in [0.25, 0.3) is 22.0 Å². The Morgan fingerprint density at radius 3 is 2.97 bits per heavy atom. The predicted molar refractivity (Wildman–Crippen MR) is 123 cm³/mol. The zero-order valence-electron chi connectivity index (χ0n) is 17.6. The van der Waals surface area contributed by atoms with Gasteiger partial charge in [-0.15, -0.1) is 0 Å². The summed E-state index contributed by atoms with van der Waals surface area (Å²) in [5, 5.41) is 12.9. The Bertz CT molecular complexity index is 1470. The number of benzene rings is 1. The molecule has 0 aliphatic carbocycles. The second kappa shape index (κ2) is 7.89. The summed E-state index contributed by atoms with van der Waals surface area (Å²) in [7, 11) is 1.82. The van der Waals surface area contributed by atoms with Crippen molar-refractivity contribution in [3.8, 4) is 0 Å². The average Bonchev–Trinajstić information content (AvgIpc) is 3.62. The number of aromatic nitrogens is 4. The summed E-state index contributed by atoms with van der Waals surface area (Å²) >= 11 is 1.34. The van der Waals surface area contributed by atoms with Gasteiger partial charge in [-0.2, -0.15) is 10.2 Å². The topological polar surface area (TPSA) is 103 Å². The van der Waals surface area contributed by atoms with E-state index in [9.17, 15) is 4.79 Å². The van der Waals surface area contributed by atoms with Gasteiger partial charge in [0.25, 0.3) is 5.91 Å². The fourth-order valence-electron chi connectivity index (χ4n) is 3.97. The second-order valence-electron chi connectivity index (χ2n) is 7.64. The van der Waals surface area contributed by atoms with Crippen molar-refractivity contribution < 1.29 is 13.6 Å². The van der Waals surface area contributed by atoms with E-state index < -0.39 is 0 Å². The van der Waals surface area contributed by atoms with E-state index in [2.05, 4.69) is 20.2 Å². The minimum atomic E-state index is -0.333. The van der Waals surface area contributed by atoms with Gasteiger partial charge in [0.05, 0.1) is 23.6 Å². The van der Waals surface area contributed by atoms with Gasteiger partial charge in [-0.1, -0.05) is 30.0 Å². The Kier molecular flexibility index (Phi) is 4.72. The highest BCUT2D eigenvalue weighted by Crippen LogP contribution is 2.35. The van der Waals surface area contributed by atoms with Crippen molar-refractivity contribution in [2.45, 2.75) is 17.5 Å². The van der Waals surface area contributed by atoms with E-state index in [0.717, 1.165) is 22.0 Å². The lowest BCUT2D eigenvalue weighted by Crippen LogP contribution is -2.28. The molecule has 1 aromatic carbocycles. The van der Waals surface area contributed by atoms with Crippen LogP contribution in [0.1, 0.15) is 24.0 Å². The molecule has 0 fully saturated rings. The van der Waals surface area contributed by atoms with Crippen molar-refractivity contribution >= 4 is 45.4 Å². The Morgan fingerprint density at radius 1 is 1.21 bits per heavy atom. The highest BCUT2D eigenvalue weighted by Gasteiger charge is 2.36. The molecule has 1 aliphatic rings. The Hall–Kier alpha value is -3.92. The van der Waals surface area contributed by atoms with Crippen LogP contribution in [0.4, 0.5) is 0 Å². The smallest absolute Gasteiger partial charge is 0.253 e. The normalized spacial score (nSPS) is 16.1. The molecule has 0 radical (unpaired) electrons. The van der Waals surface area contributed by atoms with Gasteiger partial charge in [0.15, 0.2) is 11.4 Å². The van der Waals surface area contributed by atoms with Crippen LogP contribution in [-0.4, -0.2) is 42.1 Å². The Morgan fingerprint density at radius 2 is 2.12 bits per heavy atom. The first kappa shape index (κ1) is 19.7. The molecule has 1 amide bonds. The molecule has 33 heavy (non-hydrogen) atoms. The number of nitrogens with zero attached hydrogens (tertiary/aromatic N) is 6. The van der Waals surface area contributed by atoms with E-state index in [1.807, 2.05) is 49.5 Å². The maximum atomic E-state index is 13.3. The maximum absolute atomic E-state index is 13.3. The standard InChI is InChI=1S/C23H18N6O3S/c1-28-22-15(11-26-28)23(25-13-24-22)33-12-21(30)29-17(19-7-4-8-31-19)10-16(27-29)20-9-14-5-2-3-6-18(14)32-20/h2-9,11,13,17H,10,12H2,1H3/t17-/m1/s1. The molecule has 164 valence electrons. The highest BCUT2D eigenvalue weighted by molar-refractivity contribution is 8.00. The summed E-state index contributed by atoms with van der Waals surface area (Å²) < 4.78 is 13.3. The lowest BCUT2D eigenvalue weighted by atomic mass is 10.1. The van der Waals surface area contributed by atoms with Gasteiger partial charge in [0, 0.05) is 18.9 Å². The van der Waals surface area contributed by atoms with E-state index in [-0.39, 0.29) is 17.7 Å². The molecule has 10 heteroatoms. The summed E-state index contributed by atoms with van der Waals surface area (Å²) in [6.45, 7) is 0. The van der Waals surface area contributed by atoms with Gasteiger partial charge in [-0.05, 0) is 24.3 Å². The largest absolute Gasteiger partial charge is 0.467 e. The van der Waals surface area contributed by atoms with Gasteiger partial charge in [-0.3, -0.25) is 9.48 Å². The quantitative estimate of drug-likeness (QED) is 0.288. The Balaban J connectivity index is 1.28. The van der Waals surface area contributed by atoms with Crippen LogP contribution >= 0.6 is 11.8 Å². The number of rotatable bonds is 5. The van der Waals surface area contributed by atoms with E-state index in [1.165, 1.54) is 23.1 Å². The van der Waals surface area contributed by atoms with E-state index >= 15 is 0 Å². The molecular formula is C23H18N6O3S. The number of hydrogen-bond donors (Lipinski definition) is 0. The third-order valence-corrected chi connectivity index (χ3v) is 6.56. The van der Waals surface area contributed by atoms with Gasteiger partial charge in [-0.25, -0.2) is 15.0 Å². The molecule has 0 spiro atoms. The van der Waals surface area contributed by atoms with E-state index in [1.54, 1.807) is 17.1 Å². The first-order chi connectivity index (χ1) is 16.2. The Labute approximate surface area is 192 Å². The first-order valence-electron chi connectivity index (χ1n) is 10.3. The zero-order chi connectivity index (χ0) is 22.4. The number of furan rings is 2. The summed E-state index contributed by atoms with van der Waals surface area (Å²) in [6.07, 6.45) is 5.30. The van der Waals surface area contributed by atoms with Gasteiger partial charge < -0.3 is 8.83 Å². The minimum Gasteiger partial charge on any atom is -0.467 e. The lowest BCUT2D eigenvalue weighted by molar-refractivity contribution is -0.130. The van der Waals surface area contributed by atoms with Crippen LogP contribution in [0, 0.1) is 0 Å². The molecular weight excluding hydrogens is 440 g/mol. The van der Waals surface area contributed by atoms with Crippen molar-refractivity contribution in [2.75, 3.05) is 5.75 Å². The number of para-hydroxylation sites is 1. The van der Waals surface area contributed by atoms with Crippen molar-refractivity contribution in [2.24, 2.45) is 12.1 Å². The number of amides is 1. The van der Waals surface area contributed by atoms with Crippen molar-refractivity contribution in [3.63, 3.8) is 0 Å². The predicted octanol–water partition coefficient (Wildman–Crippen LogP) is 4.17. The third-order valence-electron chi connectivity index (χ3n) is 5.57. The van der Waals surface area contributed by atoms with Crippen molar-refractivity contribution in [1.29, 1.82) is 0 Å². The summed E-state index contributed by atoms with van der Waals surface area (Å²) in [4.78, 5) is 21.9. The molecule has 0 unspecified atom stereocenters. The number of thioether (sulfide) groups is 1. The molecule has 4 aromatic heterocycles. The molecule has 0 saturated carbocycles. The fraction of sp³-hybridized carbons (Fsp3) is 0.174. The lowest BCUT2D eigenvalue weighted by Gasteiger charge is -2.19. The van der Waals surface area contributed by atoms with Crippen LogP contribution in [0.15, 0.2) is 80.2 Å². The van der Waals surface area contributed by atoms with Gasteiger partial charge >= 0.3 is 0 Å². The number of hydrazone groups is 1. The highest BCUT2D eigenvalue weighted by atomic mass is 32.2. The molecule has 1 atom stereocenters. The van der Waals surface area contributed by atoms with Gasteiger partial charge in [0.2, 0.25) is 0 Å². The van der Waals surface area contributed by atoms with Crippen molar-refractivity contribution in [1.82, 2.24) is 24.8 Å². The average molecular weight is 459 g/mol. The van der Waals surface area contributed by atoms with Crippen LogP contribution in [-0.2, 0) is 11.8 Å². The summed E-state index contributed by atoms with van der Waals surface area (Å²) in [5.74, 6) is 1.35. The minimum absolute atomic E-state index is 0.150. The fourth-order valence-corrected chi connectivity index (χ4v) is 4.78. The number of hydrogen-bond acceptors (Lipinski definition) is 8. The molecule has 0 N–H and O–H groups in total. The third kappa shape index (κ3) is 3.48. The van der Waals surface area contributed by atoms with Crippen LogP contribution < -0.4 is 0 Å². The second-order valence-corrected chi connectivity index (χ2v) is 8.61.